The highest BCUT2D eigenvalue weighted by Crippen LogP contribution is 2.28. The van der Waals surface area contributed by atoms with Crippen LogP contribution in [0.3, 0.4) is 0 Å². The molecule has 3 heteroatoms. The van der Waals surface area contributed by atoms with Crippen LogP contribution in [0.4, 0.5) is 10.5 Å². The van der Waals surface area contributed by atoms with Crippen molar-refractivity contribution in [3.63, 3.8) is 0 Å². The molecule has 0 atom stereocenters. The first-order valence-corrected chi connectivity index (χ1v) is 5.75. The minimum atomic E-state index is 0.0133. The molecule has 2 amide bonds. The van der Waals surface area contributed by atoms with E-state index < -0.39 is 0 Å². The van der Waals surface area contributed by atoms with Crippen molar-refractivity contribution in [2.75, 3.05) is 11.4 Å². The minimum Gasteiger partial charge on any atom is -0.336 e. The predicted molar refractivity (Wildman–Crippen MR) is 65.9 cm³/mol. The molecule has 1 aliphatic rings. The number of fused-ring (bicyclic) bond motifs is 1. The van der Waals surface area contributed by atoms with Gasteiger partial charge in [-0.2, -0.15) is 0 Å². The van der Waals surface area contributed by atoms with Crippen molar-refractivity contribution in [1.29, 1.82) is 0 Å². The van der Waals surface area contributed by atoms with E-state index in [4.69, 9.17) is 0 Å². The second-order valence-electron chi connectivity index (χ2n) is 4.64. The normalized spacial score (nSPS) is 14.1. The lowest BCUT2D eigenvalue weighted by atomic mass is 10.1. The number of benzene rings is 1. The third-order valence-corrected chi connectivity index (χ3v) is 2.79. The zero-order chi connectivity index (χ0) is 11.7. The Balaban J connectivity index is 2.22. The van der Waals surface area contributed by atoms with Gasteiger partial charge in [0.1, 0.15) is 0 Å². The van der Waals surface area contributed by atoms with E-state index >= 15 is 0 Å². The average Bonchev–Trinajstić information content (AvgIpc) is 2.59. The molecule has 1 aromatic carbocycles. The van der Waals surface area contributed by atoms with Gasteiger partial charge in [-0.15, -0.1) is 0 Å². The largest absolute Gasteiger partial charge is 0.336 e. The van der Waals surface area contributed by atoms with E-state index in [1.54, 1.807) is 0 Å². The standard InChI is InChI=1S/C13H18N2O/c1-9(2)14-13(16)15-7-6-11-5-4-10(3)8-12(11)15/h4-5,8-9H,6-7H2,1-3H3,(H,14,16). The number of carbonyl (C=O) groups is 1. The first-order valence-electron chi connectivity index (χ1n) is 5.75. The number of hydrogen-bond donors (Lipinski definition) is 1. The fourth-order valence-corrected chi connectivity index (χ4v) is 2.03. The molecule has 0 saturated carbocycles. The van der Waals surface area contributed by atoms with Gasteiger partial charge in [-0.25, -0.2) is 4.79 Å². The number of hydrogen-bond acceptors (Lipinski definition) is 1. The quantitative estimate of drug-likeness (QED) is 0.771. The second-order valence-corrected chi connectivity index (χ2v) is 4.64. The van der Waals surface area contributed by atoms with Crippen LogP contribution in [0.15, 0.2) is 18.2 Å². The number of anilines is 1. The Hall–Kier alpha value is -1.51. The van der Waals surface area contributed by atoms with E-state index in [0.717, 1.165) is 18.7 Å². The zero-order valence-electron chi connectivity index (χ0n) is 10.1. The van der Waals surface area contributed by atoms with Crippen LogP contribution in [0.25, 0.3) is 0 Å². The van der Waals surface area contributed by atoms with Crippen molar-refractivity contribution in [2.24, 2.45) is 0 Å². The molecule has 0 spiro atoms. The predicted octanol–water partition coefficient (Wildman–Crippen LogP) is 2.48. The smallest absolute Gasteiger partial charge is 0.322 e. The molecule has 1 heterocycles. The fourth-order valence-electron chi connectivity index (χ4n) is 2.03. The maximum atomic E-state index is 11.9. The number of nitrogens with one attached hydrogen (secondary N) is 1. The average molecular weight is 218 g/mol. The molecular weight excluding hydrogens is 200 g/mol. The van der Waals surface area contributed by atoms with Crippen LogP contribution in [0.2, 0.25) is 0 Å². The van der Waals surface area contributed by atoms with Gasteiger partial charge in [0.2, 0.25) is 0 Å². The number of aryl methyl sites for hydroxylation is 1. The van der Waals surface area contributed by atoms with Crippen LogP contribution in [0.1, 0.15) is 25.0 Å². The van der Waals surface area contributed by atoms with Crippen molar-refractivity contribution in [3.8, 4) is 0 Å². The molecule has 0 aliphatic carbocycles. The van der Waals surface area contributed by atoms with Gasteiger partial charge < -0.3 is 5.32 Å². The molecule has 0 radical (unpaired) electrons. The van der Waals surface area contributed by atoms with Crippen molar-refractivity contribution >= 4 is 11.7 Å². The van der Waals surface area contributed by atoms with Crippen molar-refractivity contribution < 1.29 is 4.79 Å². The Morgan fingerprint density at radius 1 is 1.44 bits per heavy atom. The Kier molecular flexibility index (Phi) is 2.86. The molecule has 86 valence electrons. The van der Waals surface area contributed by atoms with Gasteiger partial charge in [-0.3, -0.25) is 4.90 Å². The number of amides is 2. The summed E-state index contributed by atoms with van der Waals surface area (Å²) in [6.45, 7) is 6.80. The highest BCUT2D eigenvalue weighted by molar-refractivity contribution is 5.94. The number of urea groups is 1. The molecular formula is C13H18N2O. The number of nitrogens with zero attached hydrogens (tertiary/aromatic N) is 1. The molecule has 3 nitrogen and oxygen atoms in total. The molecule has 1 aromatic rings. The molecule has 0 aromatic heterocycles. The summed E-state index contributed by atoms with van der Waals surface area (Å²) in [4.78, 5) is 13.8. The summed E-state index contributed by atoms with van der Waals surface area (Å²) in [5, 5.41) is 2.93. The van der Waals surface area contributed by atoms with E-state index in [2.05, 4.69) is 30.4 Å². The Bertz CT molecular complexity index is 412. The van der Waals surface area contributed by atoms with Crippen LogP contribution in [-0.4, -0.2) is 18.6 Å². The van der Waals surface area contributed by atoms with Crippen LogP contribution >= 0.6 is 0 Å². The topological polar surface area (TPSA) is 32.3 Å². The highest BCUT2D eigenvalue weighted by Gasteiger charge is 2.24. The van der Waals surface area contributed by atoms with Crippen LogP contribution in [0.5, 0.6) is 0 Å². The molecule has 1 aliphatic heterocycles. The van der Waals surface area contributed by atoms with Crippen LogP contribution in [-0.2, 0) is 6.42 Å². The zero-order valence-corrected chi connectivity index (χ0v) is 10.1. The summed E-state index contributed by atoms with van der Waals surface area (Å²) in [6.07, 6.45) is 0.959. The lowest BCUT2D eigenvalue weighted by molar-refractivity contribution is 0.244. The molecule has 0 unspecified atom stereocenters. The van der Waals surface area contributed by atoms with Gasteiger partial charge in [-0.1, -0.05) is 12.1 Å². The molecule has 16 heavy (non-hydrogen) atoms. The van der Waals surface area contributed by atoms with Gasteiger partial charge in [0.05, 0.1) is 0 Å². The van der Waals surface area contributed by atoms with Crippen molar-refractivity contribution in [1.82, 2.24) is 5.32 Å². The Labute approximate surface area is 96.5 Å². The monoisotopic (exact) mass is 218 g/mol. The van der Waals surface area contributed by atoms with E-state index in [9.17, 15) is 4.79 Å². The summed E-state index contributed by atoms with van der Waals surface area (Å²) < 4.78 is 0. The summed E-state index contributed by atoms with van der Waals surface area (Å²) in [5.74, 6) is 0. The highest BCUT2D eigenvalue weighted by atomic mass is 16.2. The lowest BCUT2D eigenvalue weighted by Crippen LogP contribution is -2.42. The van der Waals surface area contributed by atoms with Gasteiger partial charge in [0, 0.05) is 18.3 Å². The van der Waals surface area contributed by atoms with E-state index in [-0.39, 0.29) is 12.1 Å². The summed E-state index contributed by atoms with van der Waals surface area (Å²) in [7, 11) is 0. The van der Waals surface area contributed by atoms with Gasteiger partial charge >= 0.3 is 6.03 Å². The number of carbonyl (C=O) groups excluding carboxylic acids is 1. The molecule has 1 N–H and O–H groups in total. The summed E-state index contributed by atoms with van der Waals surface area (Å²) in [5.41, 5.74) is 3.53. The Morgan fingerprint density at radius 2 is 2.19 bits per heavy atom. The van der Waals surface area contributed by atoms with Crippen LogP contribution in [0, 0.1) is 6.92 Å². The third kappa shape index (κ3) is 2.03. The van der Waals surface area contributed by atoms with Gasteiger partial charge in [0.25, 0.3) is 0 Å². The first kappa shape index (κ1) is 11.0. The maximum absolute atomic E-state index is 11.9. The minimum absolute atomic E-state index is 0.0133. The SMILES string of the molecule is Cc1ccc2c(c1)N(C(=O)NC(C)C)CC2. The summed E-state index contributed by atoms with van der Waals surface area (Å²) in [6, 6.07) is 6.50. The Morgan fingerprint density at radius 3 is 2.88 bits per heavy atom. The lowest BCUT2D eigenvalue weighted by Gasteiger charge is -2.20. The molecule has 0 fully saturated rings. The third-order valence-electron chi connectivity index (χ3n) is 2.79. The van der Waals surface area contributed by atoms with E-state index in [1.807, 2.05) is 18.7 Å². The van der Waals surface area contributed by atoms with E-state index in [1.165, 1.54) is 11.1 Å². The van der Waals surface area contributed by atoms with Crippen molar-refractivity contribution in [2.45, 2.75) is 33.2 Å². The van der Waals surface area contributed by atoms with Gasteiger partial charge in [-0.05, 0) is 44.4 Å². The fraction of sp³-hybridized carbons (Fsp3) is 0.462. The van der Waals surface area contributed by atoms with Crippen LogP contribution < -0.4 is 10.2 Å². The first-order chi connectivity index (χ1) is 7.58. The van der Waals surface area contributed by atoms with Gasteiger partial charge in [0.15, 0.2) is 0 Å². The number of rotatable bonds is 1. The molecule has 0 bridgehead atoms. The molecule has 2 rings (SSSR count). The summed E-state index contributed by atoms with van der Waals surface area (Å²) >= 11 is 0. The van der Waals surface area contributed by atoms with Crippen molar-refractivity contribution in [3.05, 3.63) is 29.3 Å². The maximum Gasteiger partial charge on any atom is 0.322 e. The molecule has 0 saturated heterocycles. The van der Waals surface area contributed by atoms with E-state index in [0.29, 0.717) is 0 Å². The second kappa shape index (κ2) is 4.16.